The SMILES string of the molecule is COc1ccc(Cl)cc1CC(C)(C)CC(=O)O. The van der Waals surface area contributed by atoms with E-state index in [4.69, 9.17) is 21.4 Å². The predicted octanol–water partition coefficient (Wildman–Crippen LogP) is 3.39. The minimum atomic E-state index is -0.795. The van der Waals surface area contributed by atoms with Crippen LogP contribution in [0, 0.1) is 5.41 Å². The van der Waals surface area contributed by atoms with Gasteiger partial charge in [-0.2, -0.15) is 0 Å². The largest absolute Gasteiger partial charge is 0.496 e. The molecule has 17 heavy (non-hydrogen) atoms. The lowest BCUT2D eigenvalue weighted by atomic mass is 9.82. The van der Waals surface area contributed by atoms with Crippen molar-refractivity contribution in [2.24, 2.45) is 5.41 Å². The van der Waals surface area contributed by atoms with E-state index >= 15 is 0 Å². The molecule has 0 spiro atoms. The summed E-state index contributed by atoms with van der Waals surface area (Å²) in [4.78, 5) is 10.8. The van der Waals surface area contributed by atoms with Gasteiger partial charge in [0, 0.05) is 5.02 Å². The van der Waals surface area contributed by atoms with Crippen molar-refractivity contribution in [1.82, 2.24) is 0 Å². The lowest BCUT2D eigenvalue weighted by Gasteiger charge is -2.23. The number of hydrogen-bond acceptors (Lipinski definition) is 2. The fraction of sp³-hybridized carbons (Fsp3) is 0.462. The Bertz CT molecular complexity index is 413. The molecule has 0 fully saturated rings. The number of aliphatic carboxylic acids is 1. The van der Waals surface area contributed by atoms with Crippen LogP contribution in [0.4, 0.5) is 0 Å². The van der Waals surface area contributed by atoms with Crippen LogP contribution in [0.3, 0.4) is 0 Å². The highest BCUT2D eigenvalue weighted by molar-refractivity contribution is 6.30. The Morgan fingerprint density at radius 1 is 1.47 bits per heavy atom. The van der Waals surface area contributed by atoms with Crippen molar-refractivity contribution in [3.8, 4) is 5.75 Å². The second-order valence-electron chi connectivity index (χ2n) is 4.87. The number of carboxylic acids is 1. The van der Waals surface area contributed by atoms with Gasteiger partial charge >= 0.3 is 5.97 Å². The van der Waals surface area contributed by atoms with Gasteiger partial charge in [-0.3, -0.25) is 4.79 Å². The number of carboxylic acid groups (broad SMARTS) is 1. The first kappa shape index (κ1) is 13.8. The summed E-state index contributed by atoms with van der Waals surface area (Å²) in [6.45, 7) is 3.84. The van der Waals surface area contributed by atoms with Crippen molar-refractivity contribution >= 4 is 17.6 Å². The minimum Gasteiger partial charge on any atom is -0.496 e. The maximum atomic E-state index is 10.8. The molecule has 0 atom stereocenters. The van der Waals surface area contributed by atoms with Crippen LogP contribution in [-0.2, 0) is 11.2 Å². The predicted molar refractivity (Wildman–Crippen MR) is 67.7 cm³/mol. The summed E-state index contributed by atoms with van der Waals surface area (Å²) in [5.74, 6) is -0.0520. The molecule has 94 valence electrons. The summed E-state index contributed by atoms with van der Waals surface area (Å²) in [6, 6.07) is 5.38. The number of halogens is 1. The van der Waals surface area contributed by atoms with Crippen molar-refractivity contribution < 1.29 is 14.6 Å². The highest BCUT2D eigenvalue weighted by Gasteiger charge is 2.23. The third-order valence-corrected chi connectivity index (χ3v) is 2.78. The molecule has 0 heterocycles. The van der Waals surface area contributed by atoms with Crippen molar-refractivity contribution in [2.75, 3.05) is 7.11 Å². The van der Waals surface area contributed by atoms with E-state index in [1.54, 1.807) is 19.2 Å². The maximum Gasteiger partial charge on any atom is 0.303 e. The molecule has 0 aliphatic carbocycles. The second kappa shape index (κ2) is 5.41. The molecule has 0 saturated heterocycles. The van der Waals surface area contributed by atoms with E-state index < -0.39 is 5.97 Å². The van der Waals surface area contributed by atoms with Gasteiger partial charge in [-0.15, -0.1) is 0 Å². The molecule has 1 N–H and O–H groups in total. The van der Waals surface area contributed by atoms with E-state index in [0.29, 0.717) is 11.4 Å². The first-order chi connectivity index (χ1) is 7.84. The minimum absolute atomic E-state index is 0.114. The van der Waals surface area contributed by atoms with Crippen LogP contribution in [0.15, 0.2) is 18.2 Å². The van der Waals surface area contributed by atoms with Crippen LogP contribution in [0.2, 0.25) is 5.02 Å². The molecule has 3 nitrogen and oxygen atoms in total. The van der Waals surface area contributed by atoms with Gasteiger partial charge in [-0.1, -0.05) is 25.4 Å². The van der Waals surface area contributed by atoms with Gasteiger partial charge in [0.05, 0.1) is 13.5 Å². The van der Waals surface area contributed by atoms with Gasteiger partial charge in [-0.05, 0) is 35.6 Å². The lowest BCUT2D eigenvalue weighted by Crippen LogP contribution is -2.20. The first-order valence-electron chi connectivity index (χ1n) is 5.38. The smallest absolute Gasteiger partial charge is 0.303 e. The van der Waals surface area contributed by atoms with Crippen LogP contribution in [0.1, 0.15) is 25.8 Å². The van der Waals surface area contributed by atoms with Crippen molar-refractivity contribution in [1.29, 1.82) is 0 Å². The van der Waals surface area contributed by atoms with E-state index in [-0.39, 0.29) is 11.8 Å². The Morgan fingerprint density at radius 2 is 2.12 bits per heavy atom. The molecule has 0 amide bonds. The van der Waals surface area contributed by atoms with E-state index in [1.807, 2.05) is 19.9 Å². The zero-order valence-corrected chi connectivity index (χ0v) is 11.0. The summed E-state index contributed by atoms with van der Waals surface area (Å²) >= 11 is 5.94. The molecule has 4 heteroatoms. The third-order valence-electron chi connectivity index (χ3n) is 2.54. The number of benzene rings is 1. The molecular formula is C13H17ClO3. The Kier molecular flexibility index (Phi) is 4.40. The van der Waals surface area contributed by atoms with Gasteiger partial charge in [0.15, 0.2) is 0 Å². The molecule has 0 aliphatic rings. The molecule has 0 saturated carbocycles. The second-order valence-corrected chi connectivity index (χ2v) is 5.30. The average molecular weight is 257 g/mol. The average Bonchev–Trinajstić information content (AvgIpc) is 2.14. The zero-order chi connectivity index (χ0) is 13.1. The fourth-order valence-electron chi connectivity index (χ4n) is 1.87. The van der Waals surface area contributed by atoms with Gasteiger partial charge in [0.1, 0.15) is 5.75 Å². The summed E-state index contributed by atoms with van der Waals surface area (Å²) < 4.78 is 5.25. The molecule has 0 radical (unpaired) electrons. The van der Waals surface area contributed by atoms with Crippen molar-refractivity contribution in [3.63, 3.8) is 0 Å². The van der Waals surface area contributed by atoms with E-state index in [9.17, 15) is 4.79 Å². The zero-order valence-electron chi connectivity index (χ0n) is 10.3. The Labute approximate surface area is 106 Å². The normalized spacial score (nSPS) is 11.3. The summed E-state index contributed by atoms with van der Waals surface area (Å²) in [5, 5.41) is 9.48. The van der Waals surface area contributed by atoms with E-state index in [2.05, 4.69) is 0 Å². The highest BCUT2D eigenvalue weighted by Crippen LogP contribution is 2.32. The molecule has 0 bridgehead atoms. The van der Waals surface area contributed by atoms with Crippen LogP contribution < -0.4 is 4.74 Å². The van der Waals surface area contributed by atoms with Crippen LogP contribution in [0.5, 0.6) is 5.75 Å². The monoisotopic (exact) mass is 256 g/mol. The van der Waals surface area contributed by atoms with Crippen LogP contribution in [0.25, 0.3) is 0 Å². The maximum absolute atomic E-state index is 10.8. The van der Waals surface area contributed by atoms with Crippen LogP contribution >= 0.6 is 11.6 Å². The Hall–Kier alpha value is -1.22. The number of rotatable bonds is 5. The van der Waals surface area contributed by atoms with Crippen molar-refractivity contribution in [2.45, 2.75) is 26.7 Å². The number of hydrogen-bond donors (Lipinski definition) is 1. The molecule has 1 aromatic rings. The highest BCUT2D eigenvalue weighted by atomic mass is 35.5. The number of carbonyl (C=O) groups is 1. The number of ether oxygens (including phenoxy) is 1. The van der Waals surface area contributed by atoms with Gasteiger partial charge in [0.2, 0.25) is 0 Å². The molecule has 1 rings (SSSR count). The van der Waals surface area contributed by atoms with Gasteiger partial charge in [-0.25, -0.2) is 0 Å². The standard InChI is InChI=1S/C13H17ClO3/c1-13(2,8-12(15)16)7-9-6-10(14)4-5-11(9)17-3/h4-6H,7-8H2,1-3H3,(H,15,16). The van der Waals surface area contributed by atoms with Gasteiger partial charge < -0.3 is 9.84 Å². The fourth-order valence-corrected chi connectivity index (χ4v) is 2.07. The molecule has 0 aromatic heterocycles. The van der Waals surface area contributed by atoms with Gasteiger partial charge in [0.25, 0.3) is 0 Å². The first-order valence-corrected chi connectivity index (χ1v) is 5.76. The summed E-state index contributed by atoms with van der Waals surface area (Å²) in [7, 11) is 1.59. The van der Waals surface area contributed by atoms with E-state index in [1.165, 1.54) is 0 Å². The quantitative estimate of drug-likeness (QED) is 0.878. The van der Waals surface area contributed by atoms with E-state index in [0.717, 1.165) is 11.3 Å². The van der Waals surface area contributed by atoms with Crippen molar-refractivity contribution in [3.05, 3.63) is 28.8 Å². The number of methoxy groups -OCH3 is 1. The summed E-state index contributed by atoms with van der Waals surface area (Å²) in [5.41, 5.74) is 0.607. The topological polar surface area (TPSA) is 46.5 Å². The Morgan fingerprint density at radius 3 is 2.65 bits per heavy atom. The molecular weight excluding hydrogens is 240 g/mol. The molecule has 1 aromatic carbocycles. The molecule has 0 aliphatic heterocycles. The third kappa shape index (κ3) is 4.27. The Balaban J connectivity index is 2.93. The van der Waals surface area contributed by atoms with Crippen LogP contribution in [-0.4, -0.2) is 18.2 Å². The lowest BCUT2D eigenvalue weighted by molar-refractivity contribution is -0.139. The molecule has 0 unspecified atom stereocenters. The summed E-state index contributed by atoms with van der Waals surface area (Å²) in [6.07, 6.45) is 0.728.